The summed E-state index contributed by atoms with van der Waals surface area (Å²) in [6, 6.07) is 13.7. The molecule has 22 heavy (non-hydrogen) atoms. The smallest absolute Gasteiger partial charge is 0.274 e. The number of carbonyl (C=O) groups excluding carboxylic acids is 1. The molecule has 0 aliphatic heterocycles. The van der Waals surface area contributed by atoms with Gasteiger partial charge in [-0.05, 0) is 24.1 Å². The van der Waals surface area contributed by atoms with Gasteiger partial charge in [0.25, 0.3) is 5.91 Å². The maximum Gasteiger partial charge on any atom is 0.274 e. The highest BCUT2D eigenvalue weighted by Crippen LogP contribution is 2.11. The molecule has 0 fully saturated rings. The van der Waals surface area contributed by atoms with Crippen LogP contribution in [0, 0.1) is 6.92 Å². The predicted octanol–water partition coefficient (Wildman–Crippen LogP) is 2.89. The summed E-state index contributed by atoms with van der Waals surface area (Å²) in [5.41, 5.74) is 3.09. The Morgan fingerprint density at radius 2 is 2.00 bits per heavy atom. The summed E-state index contributed by atoms with van der Waals surface area (Å²) in [6.45, 7) is 2.53. The van der Waals surface area contributed by atoms with Crippen molar-refractivity contribution in [3.63, 3.8) is 0 Å². The zero-order valence-corrected chi connectivity index (χ0v) is 12.2. The fraction of sp³-hybridized carbons (Fsp3) is 0.118. The molecule has 5 heteroatoms. The van der Waals surface area contributed by atoms with Crippen LogP contribution < -0.4 is 5.32 Å². The first-order valence-electron chi connectivity index (χ1n) is 7.02. The number of rotatable bonds is 4. The Balaban J connectivity index is 1.69. The molecule has 0 aliphatic rings. The van der Waals surface area contributed by atoms with Crippen molar-refractivity contribution in [2.75, 3.05) is 5.32 Å². The van der Waals surface area contributed by atoms with Crippen LogP contribution in [0.4, 0.5) is 5.69 Å². The van der Waals surface area contributed by atoms with Gasteiger partial charge in [0.05, 0.1) is 18.4 Å². The Kier molecular flexibility index (Phi) is 3.96. The third-order valence-corrected chi connectivity index (χ3v) is 3.30. The van der Waals surface area contributed by atoms with Crippen molar-refractivity contribution in [2.45, 2.75) is 13.5 Å². The predicted molar refractivity (Wildman–Crippen MR) is 84.7 cm³/mol. The monoisotopic (exact) mass is 292 g/mol. The van der Waals surface area contributed by atoms with Crippen LogP contribution in [-0.4, -0.2) is 20.7 Å². The highest BCUT2D eigenvalue weighted by atomic mass is 16.1. The number of benzene rings is 1. The van der Waals surface area contributed by atoms with Crippen LogP contribution in [0.15, 0.2) is 61.1 Å². The van der Waals surface area contributed by atoms with E-state index in [1.807, 2.05) is 55.6 Å². The van der Waals surface area contributed by atoms with E-state index < -0.39 is 0 Å². The van der Waals surface area contributed by atoms with Crippen LogP contribution >= 0.6 is 0 Å². The molecule has 0 spiro atoms. The van der Waals surface area contributed by atoms with Crippen LogP contribution in [0.2, 0.25) is 0 Å². The lowest BCUT2D eigenvalue weighted by atomic mass is 10.2. The number of nitrogens with one attached hydrogen (secondary N) is 1. The Morgan fingerprint density at radius 3 is 2.77 bits per heavy atom. The molecule has 2 aromatic heterocycles. The summed E-state index contributed by atoms with van der Waals surface area (Å²) >= 11 is 0. The molecule has 0 saturated carbocycles. The van der Waals surface area contributed by atoms with E-state index in [4.69, 9.17) is 0 Å². The minimum Gasteiger partial charge on any atom is -0.318 e. The molecule has 0 radical (unpaired) electrons. The molecule has 0 atom stereocenters. The summed E-state index contributed by atoms with van der Waals surface area (Å²) in [4.78, 5) is 16.3. The number of aryl methyl sites for hydroxylation is 1. The Bertz CT molecular complexity index is 780. The summed E-state index contributed by atoms with van der Waals surface area (Å²) in [5, 5.41) is 7.08. The zero-order chi connectivity index (χ0) is 15.4. The van der Waals surface area contributed by atoms with Gasteiger partial charge in [-0.25, -0.2) is 0 Å². The lowest BCUT2D eigenvalue weighted by molar-refractivity contribution is 0.102. The van der Waals surface area contributed by atoms with Crippen LogP contribution in [0.25, 0.3) is 0 Å². The molecule has 3 aromatic rings. The second kappa shape index (κ2) is 6.22. The number of anilines is 1. The largest absolute Gasteiger partial charge is 0.318 e. The van der Waals surface area contributed by atoms with Gasteiger partial charge < -0.3 is 5.32 Å². The van der Waals surface area contributed by atoms with Gasteiger partial charge in [0.1, 0.15) is 5.69 Å². The summed E-state index contributed by atoms with van der Waals surface area (Å²) in [7, 11) is 0. The number of aromatic nitrogens is 3. The van der Waals surface area contributed by atoms with Gasteiger partial charge in [0.15, 0.2) is 0 Å². The number of pyridine rings is 1. The average molecular weight is 292 g/mol. The fourth-order valence-electron chi connectivity index (χ4n) is 2.20. The van der Waals surface area contributed by atoms with Gasteiger partial charge >= 0.3 is 0 Å². The summed E-state index contributed by atoms with van der Waals surface area (Å²) < 4.78 is 1.79. The average Bonchev–Trinajstić information content (AvgIpc) is 2.95. The first kappa shape index (κ1) is 14.0. The third kappa shape index (κ3) is 3.20. The van der Waals surface area contributed by atoms with Crippen molar-refractivity contribution in [3.05, 3.63) is 77.9 Å². The van der Waals surface area contributed by atoms with Crippen molar-refractivity contribution in [3.8, 4) is 0 Å². The number of nitrogens with zero attached hydrogens (tertiary/aromatic N) is 3. The van der Waals surface area contributed by atoms with Crippen molar-refractivity contribution in [2.24, 2.45) is 0 Å². The molecule has 3 rings (SSSR count). The van der Waals surface area contributed by atoms with Gasteiger partial charge in [-0.15, -0.1) is 0 Å². The SMILES string of the molecule is Cc1cccnc1C(=O)Nc1cnn(Cc2ccccc2)c1. The molecule has 0 saturated heterocycles. The van der Waals surface area contributed by atoms with Crippen molar-refractivity contribution in [1.29, 1.82) is 0 Å². The van der Waals surface area contributed by atoms with E-state index in [2.05, 4.69) is 15.4 Å². The van der Waals surface area contributed by atoms with Gasteiger partial charge in [-0.1, -0.05) is 36.4 Å². The number of carbonyl (C=O) groups is 1. The molecule has 2 heterocycles. The third-order valence-electron chi connectivity index (χ3n) is 3.30. The van der Waals surface area contributed by atoms with Crippen LogP contribution in [0.3, 0.4) is 0 Å². The second-order valence-corrected chi connectivity index (χ2v) is 5.04. The van der Waals surface area contributed by atoms with E-state index in [9.17, 15) is 4.79 Å². The fourth-order valence-corrected chi connectivity index (χ4v) is 2.20. The molecular weight excluding hydrogens is 276 g/mol. The minimum absolute atomic E-state index is 0.225. The highest BCUT2D eigenvalue weighted by Gasteiger charge is 2.11. The minimum atomic E-state index is -0.225. The number of amides is 1. The highest BCUT2D eigenvalue weighted by molar-refractivity contribution is 6.03. The molecule has 0 aliphatic carbocycles. The van der Waals surface area contributed by atoms with Gasteiger partial charge in [0, 0.05) is 12.4 Å². The maximum absolute atomic E-state index is 12.2. The van der Waals surface area contributed by atoms with E-state index >= 15 is 0 Å². The zero-order valence-electron chi connectivity index (χ0n) is 12.2. The topological polar surface area (TPSA) is 59.8 Å². The van der Waals surface area contributed by atoms with E-state index in [-0.39, 0.29) is 5.91 Å². The van der Waals surface area contributed by atoms with Gasteiger partial charge in [0.2, 0.25) is 0 Å². The summed E-state index contributed by atoms with van der Waals surface area (Å²) in [5.74, 6) is -0.225. The molecule has 110 valence electrons. The van der Waals surface area contributed by atoms with E-state index in [1.165, 1.54) is 0 Å². The number of hydrogen-bond acceptors (Lipinski definition) is 3. The van der Waals surface area contributed by atoms with E-state index in [0.717, 1.165) is 11.1 Å². The maximum atomic E-state index is 12.2. The molecular formula is C17H16N4O. The Labute approximate surface area is 128 Å². The molecule has 1 N–H and O–H groups in total. The van der Waals surface area contributed by atoms with E-state index in [1.54, 1.807) is 17.1 Å². The quantitative estimate of drug-likeness (QED) is 0.804. The molecule has 5 nitrogen and oxygen atoms in total. The normalized spacial score (nSPS) is 10.4. The van der Waals surface area contributed by atoms with Crippen LogP contribution in [0.1, 0.15) is 21.6 Å². The summed E-state index contributed by atoms with van der Waals surface area (Å²) in [6.07, 6.45) is 5.06. The van der Waals surface area contributed by atoms with Gasteiger partial charge in [-0.3, -0.25) is 14.5 Å². The Hall–Kier alpha value is -2.95. The van der Waals surface area contributed by atoms with Crippen LogP contribution in [0.5, 0.6) is 0 Å². The van der Waals surface area contributed by atoms with Crippen molar-refractivity contribution >= 4 is 11.6 Å². The molecule has 1 amide bonds. The number of hydrogen-bond donors (Lipinski definition) is 1. The van der Waals surface area contributed by atoms with Crippen molar-refractivity contribution < 1.29 is 4.79 Å². The second-order valence-electron chi connectivity index (χ2n) is 5.04. The lowest BCUT2D eigenvalue weighted by Crippen LogP contribution is -2.14. The van der Waals surface area contributed by atoms with E-state index in [0.29, 0.717) is 17.9 Å². The molecule has 1 aromatic carbocycles. The van der Waals surface area contributed by atoms with Crippen molar-refractivity contribution in [1.82, 2.24) is 14.8 Å². The standard InChI is InChI=1S/C17H16N4O/c1-13-6-5-9-18-16(13)17(22)20-15-10-19-21(12-15)11-14-7-3-2-4-8-14/h2-10,12H,11H2,1H3,(H,20,22). The van der Waals surface area contributed by atoms with Gasteiger partial charge in [-0.2, -0.15) is 5.10 Å². The molecule has 0 bridgehead atoms. The lowest BCUT2D eigenvalue weighted by Gasteiger charge is -2.04. The first-order valence-corrected chi connectivity index (χ1v) is 7.02. The first-order chi connectivity index (χ1) is 10.7. The Morgan fingerprint density at radius 1 is 1.18 bits per heavy atom. The van der Waals surface area contributed by atoms with Crippen LogP contribution in [-0.2, 0) is 6.54 Å². The molecule has 0 unspecified atom stereocenters.